The Morgan fingerprint density at radius 3 is 1.38 bits per heavy atom. The van der Waals surface area contributed by atoms with Gasteiger partial charge in [-0.2, -0.15) is 0 Å². The Balaban J connectivity index is 3.56. The quantitative estimate of drug-likeness (QED) is 0.0417. The fourth-order valence-corrected chi connectivity index (χ4v) is 5.51. The van der Waals surface area contributed by atoms with Crippen molar-refractivity contribution in [1.29, 1.82) is 0 Å². The van der Waals surface area contributed by atoms with Gasteiger partial charge < -0.3 is 14.6 Å². The summed E-state index contributed by atoms with van der Waals surface area (Å²) >= 11 is 0. The molecule has 0 aromatic carbocycles. The van der Waals surface area contributed by atoms with Crippen molar-refractivity contribution < 1.29 is 24.2 Å². The second-order valence-corrected chi connectivity index (χ2v) is 13.1. The minimum absolute atomic E-state index is 0.0852. The molecule has 0 heterocycles. The first-order chi connectivity index (χ1) is 23.1. The number of esters is 2. The summed E-state index contributed by atoms with van der Waals surface area (Å²) in [6.07, 6.45) is 47.5. The molecule has 0 radical (unpaired) electrons. The van der Waals surface area contributed by atoms with Gasteiger partial charge in [0.25, 0.3) is 0 Å². The highest BCUT2D eigenvalue weighted by Crippen LogP contribution is 2.15. The van der Waals surface area contributed by atoms with Crippen molar-refractivity contribution in [2.75, 3.05) is 13.2 Å². The van der Waals surface area contributed by atoms with Gasteiger partial charge >= 0.3 is 11.9 Å². The number of aliphatic hydroxyl groups excluding tert-OH is 1. The predicted octanol–water partition coefficient (Wildman–Crippen LogP) is 12.2. The lowest BCUT2D eigenvalue weighted by molar-refractivity contribution is -0.161. The summed E-state index contributed by atoms with van der Waals surface area (Å²) < 4.78 is 10.6. The maximum absolute atomic E-state index is 12.2. The third-order valence-electron chi connectivity index (χ3n) is 8.48. The molecule has 0 rings (SSSR count). The molecule has 0 saturated heterocycles. The summed E-state index contributed by atoms with van der Waals surface area (Å²) in [6, 6.07) is 0. The first-order valence-corrected chi connectivity index (χ1v) is 19.7. The van der Waals surface area contributed by atoms with E-state index in [2.05, 4.69) is 26.0 Å². The van der Waals surface area contributed by atoms with Gasteiger partial charge in [-0.1, -0.05) is 191 Å². The van der Waals surface area contributed by atoms with Crippen molar-refractivity contribution in [1.82, 2.24) is 0 Å². The summed E-state index contributed by atoms with van der Waals surface area (Å²) in [6.45, 7) is 3.97. The molecule has 0 amide bonds. The Labute approximate surface area is 290 Å². The normalized spacial score (nSPS) is 12.7. The molecule has 0 bridgehead atoms. The molecule has 1 N–H and O–H groups in total. The third-order valence-corrected chi connectivity index (χ3v) is 8.48. The van der Waals surface area contributed by atoms with Gasteiger partial charge in [-0.15, -0.1) is 0 Å². The van der Waals surface area contributed by atoms with Crippen molar-refractivity contribution >= 4 is 11.9 Å². The van der Waals surface area contributed by atoms with E-state index in [-0.39, 0.29) is 25.2 Å². The van der Waals surface area contributed by atoms with E-state index in [0.717, 1.165) is 51.4 Å². The van der Waals surface area contributed by atoms with E-state index in [1.165, 1.54) is 109 Å². The van der Waals surface area contributed by atoms with Crippen LogP contribution in [0.1, 0.15) is 187 Å². The number of carbonyl (C=O) groups is 2. The van der Waals surface area contributed by atoms with Gasteiger partial charge in [0.1, 0.15) is 6.61 Å². The van der Waals surface area contributed by atoms with E-state index in [1.807, 2.05) is 36.5 Å². The van der Waals surface area contributed by atoms with Gasteiger partial charge in [-0.25, -0.2) is 0 Å². The Kier molecular flexibility index (Phi) is 36.6. The number of rotatable bonds is 35. The first kappa shape index (κ1) is 44.9. The van der Waals surface area contributed by atoms with Crippen LogP contribution in [0.3, 0.4) is 0 Å². The number of aliphatic hydroxyl groups is 1. The average molecular weight is 659 g/mol. The molecular formula is C42H74O5. The van der Waals surface area contributed by atoms with Crippen LogP contribution in [0.4, 0.5) is 0 Å². The molecule has 0 aliphatic carbocycles. The van der Waals surface area contributed by atoms with Gasteiger partial charge in [0.2, 0.25) is 0 Å². The van der Waals surface area contributed by atoms with Crippen molar-refractivity contribution in [3.8, 4) is 0 Å². The van der Waals surface area contributed by atoms with E-state index in [4.69, 9.17) is 9.47 Å². The van der Waals surface area contributed by atoms with E-state index in [9.17, 15) is 14.7 Å². The number of hydrogen-bond donors (Lipinski definition) is 1. The molecule has 1 atom stereocenters. The molecule has 0 saturated carbocycles. The van der Waals surface area contributed by atoms with Crippen molar-refractivity contribution in [2.24, 2.45) is 0 Å². The molecule has 0 aliphatic rings. The third kappa shape index (κ3) is 36.5. The number of carbonyl (C=O) groups excluding carboxylic acids is 2. The van der Waals surface area contributed by atoms with Crippen LogP contribution in [0.2, 0.25) is 0 Å². The fraction of sp³-hybridized carbons (Fsp3) is 0.762. The van der Waals surface area contributed by atoms with Crippen LogP contribution in [0.5, 0.6) is 0 Å². The average Bonchev–Trinajstić information content (AvgIpc) is 3.07. The molecule has 1 unspecified atom stereocenters. The highest BCUT2D eigenvalue weighted by atomic mass is 16.6. The zero-order valence-corrected chi connectivity index (χ0v) is 30.8. The molecule has 0 aromatic rings. The summed E-state index contributed by atoms with van der Waals surface area (Å²) in [5, 5.41) is 9.54. The molecule has 47 heavy (non-hydrogen) atoms. The highest BCUT2D eigenvalue weighted by Gasteiger charge is 2.16. The lowest BCUT2D eigenvalue weighted by atomic mass is 10.0. The Hall–Kier alpha value is -2.14. The van der Waals surface area contributed by atoms with Gasteiger partial charge in [0, 0.05) is 12.8 Å². The van der Waals surface area contributed by atoms with E-state index in [1.54, 1.807) is 0 Å². The van der Waals surface area contributed by atoms with Crippen molar-refractivity contribution in [3.05, 3.63) is 48.6 Å². The van der Waals surface area contributed by atoms with E-state index >= 15 is 0 Å². The van der Waals surface area contributed by atoms with Crippen LogP contribution < -0.4 is 0 Å². The van der Waals surface area contributed by atoms with Crippen LogP contribution in [0, 0.1) is 0 Å². The lowest BCUT2D eigenvalue weighted by Crippen LogP contribution is -2.28. The largest absolute Gasteiger partial charge is 0.462 e. The molecular weight excluding hydrogens is 584 g/mol. The molecule has 0 spiro atoms. The smallest absolute Gasteiger partial charge is 0.306 e. The second kappa shape index (κ2) is 38.3. The van der Waals surface area contributed by atoms with E-state index < -0.39 is 6.10 Å². The molecule has 0 aromatic heterocycles. The SMILES string of the molecule is CC/C=C/C=C/C=C/C=C/CCCCCC(=O)OCC(CO)OC(=O)CCCCCCCCCCCCCCCCCCCCCC. The molecule has 0 fully saturated rings. The van der Waals surface area contributed by atoms with Crippen LogP contribution in [0.25, 0.3) is 0 Å². The molecule has 5 heteroatoms. The molecule has 0 aliphatic heterocycles. The zero-order valence-electron chi connectivity index (χ0n) is 30.8. The highest BCUT2D eigenvalue weighted by molar-refractivity contribution is 5.70. The van der Waals surface area contributed by atoms with Gasteiger partial charge in [-0.3, -0.25) is 9.59 Å². The van der Waals surface area contributed by atoms with Crippen molar-refractivity contribution in [2.45, 2.75) is 193 Å². The van der Waals surface area contributed by atoms with Crippen LogP contribution in [-0.2, 0) is 19.1 Å². The first-order valence-electron chi connectivity index (χ1n) is 19.7. The number of allylic oxidation sites excluding steroid dienone is 8. The van der Waals surface area contributed by atoms with Gasteiger partial charge in [0.15, 0.2) is 6.10 Å². The second-order valence-electron chi connectivity index (χ2n) is 13.1. The van der Waals surface area contributed by atoms with Crippen LogP contribution in [0.15, 0.2) is 48.6 Å². The summed E-state index contributed by atoms with van der Waals surface area (Å²) in [5.74, 6) is -0.634. The minimum Gasteiger partial charge on any atom is -0.462 e. The van der Waals surface area contributed by atoms with E-state index in [0.29, 0.717) is 12.8 Å². The molecule has 5 nitrogen and oxygen atoms in total. The number of unbranched alkanes of at least 4 members (excludes halogenated alkanes) is 22. The summed E-state index contributed by atoms with van der Waals surface area (Å²) in [4.78, 5) is 24.2. The maximum Gasteiger partial charge on any atom is 0.306 e. The number of ether oxygens (including phenoxy) is 2. The Morgan fingerprint density at radius 2 is 0.915 bits per heavy atom. The van der Waals surface area contributed by atoms with Gasteiger partial charge in [-0.05, 0) is 32.1 Å². The van der Waals surface area contributed by atoms with Crippen LogP contribution >= 0.6 is 0 Å². The topological polar surface area (TPSA) is 72.8 Å². The summed E-state index contributed by atoms with van der Waals surface area (Å²) in [7, 11) is 0. The summed E-state index contributed by atoms with van der Waals surface area (Å²) in [5.41, 5.74) is 0. The standard InChI is InChI=1S/C42H74O5/c1-3-5-7-9-11-13-15-17-18-19-20-21-22-23-25-27-29-31-33-35-37-42(45)47-40(38-43)39-46-41(44)36-34-32-30-28-26-24-16-14-12-10-8-6-4-2/h6,8,10,12,14,16,24,26,40,43H,3-5,7,9,11,13,15,17-23,25,27-39H2,1-2H3/b8-6+,12-10+,16-14+,26-24+. The minimum atomic E-state index is -0.785. The van der Waals surface area contributed by atoms with Gasteiger partial charge in [0.05, 0.1) is 6.61 Å². The predicted molar refractivity (Wildman–Crippen MR) is 200 cm³/mol. The fourth-order valence-electron chi connectivity index (χ4n) is 5.51. The van der Waals surface area contributed by atoms with Crippen molar-refractivity contribution in [3.63, 3.8) is 0 Å². The Bertz CT molecular complexity index is 797. The number of hydrogen-bond acceptors (Lipinski definition) is 5. The zero-order chi connectivity index (χ0) is 34.3. The Morgan fingerprint density at radius 1 is 0.511 bits per heavy atom. The lowest BCUT2D eigenvalue weighted by Gasteiger charge is -2.15. The molecule has 272 valence electrons. The van der Waals surface area contributed by atoms with Crippen LogP contribution in [-0.4, -0.2) is 36.4 Å². The maximum atomic E-state index is 12.2. The monoisotopic (exact) mass is 659 g/mol.